The zero-order valence-corrected chi connectivity index (χ0v) is 40.2. The molecule has 11 aromatic carbocycles. The van der Waals surface area contributed by atoms with Crippen LogP contribution in [0, 0.1) is 0 Å². The monoisotopic (exact) mass is 919 g/mol. The highest BCUT2D eigenvalue weighted by atomic mass is 16.3. The van der Waals surface area contributed by atoms with Crippen LogP contribution in [0.2, 0.25) is 0 Å². The summed E-state index contributed by atoms with van der Waals surface area (Å²) in [4.78, 5) is 2.51. The highest BCUT2D eigenvalue weighted by Gasteiger charge is 2.47. The summed E-state index contributed by atoms with van der Waals surface area (Å²) in [5.74, 6) is 0. The summed E-state index contributed by atoms with van der Waals surface area (Å²) in [5, 5.41) is 2.26. The lowest BCUT2D eigenvalue weighted by Crippen LogP contribution is -2.28. The summed E-state index contributed by atoms with van der Waals surface area (Å²) in [6.07, 6.45) is 0. The molecule has 14 rings (SSSR count). The Hall–Kier alpha value is -8.98. The van der Waals surface area contributed by atoms with Crippen LogP contribution in [0.3, 0.4) is 0 Å². The average Bonchev–Trinajstić information content (AvgIpc) is 4.05. The normalized spacial score (nSPS) is 13.6. The van der Waals surface area contributed by atoms with E-state index in [-0.39, 0.29) is 5.41 Å². The number of hydrogen-bond donors (Lipinski definition) is 0. The Balaban J connectivity index is 0.933. The minimum Gasteiger partial charge on any atom is -0.456 e. The lowest BCUT2D eigenvalue weighted by Gasteiger charge is -2.34. The molecule has 1 aromatic heterocycles. The van der Waals surface area contributed by atoms with Gasteiger partial charge in [-0.2, -0.15) is 0 Å². The van der Waals surface area contributed by atoms with Crippen LogP contribution in [-0.2, 0) is 10.8 Å². The van der Waals surface area contributed by atoms with Crippen molar-refractivity contribution < 1.29 is 4.42 Å². The molecule has 12 aromatic rings. The molecular formula is C70H49NO. The topological polar surface area (TPSA) is 16.4 Å². The molecule has 0 bridgehead atoms. The van der Waals surface area contributed by atoms with Gasteiger partial charge >= 0.3 is 0 Å². The second-order valence-corrected chi connectivity index (χ2v) is 20.0. The van der Waals surface area contributed by atoms with Crippen LogP contribution >= 0.6 is 0 Å². The first kappa shape index (κ1) is 41.9. The van der Waals surface area contributed by atoms with Crippen molar-refractivity contribution in [3.8, 4) is 55.6 Å². The first-order chi connectivity index (χ1) is 35.4. The fraction of sp³-hybridized carbons (Fsp3) is 0.0571. The van der Waals surface area contributed by atoms with Crippen molar-refractivity contribution in [2.75, 3.05) is 4.90 Å². The van der Waals surface area contributed by atoms with E-state index in [9.17, 15) is 0 Å². The highest BCUT2D eigenvalue weighted by molar-refractivity contribution is 6.06. The van der Waals surface area contributed by atoms with Gasteiger partial charge in [0, 0.05) is 33.1 Å². The molecule has 2 nitrogen and oxygen atoms in total. The number of furan rings is 1. The third-order valence-electron chi connectivity index (χ3n) is 15.8. The molecule has 0 saturated carbocycles. The highest BCUT2D eigenvalue weighted by Crippen LogP contribution is 2.60. The maximum atomic E-state index is 6.23. The minimum absolute atomic E-state index is 0.257. The van der Waals surface area contributed by atoms with Gasteiger partial charge in [-0.1, -0.05) is 220 Å². The van der Waals surface area contributed by atoms with E-state index in [2.05, 4.69) is 267 Å². The van der Waals surface area contributed by atoms with Gasteiger partial charge in [0.15, 0.2) is 0 Å². The third-order valence-corrected chi connectivity index (χ3v) is 15.8. The predicted molar refractivity (Wildman–Crippen MR) is 300 cm³/mol. The van der Waals surface area contributed by atoms with Crippen molar-refractivity contribution in [3.63, 3.8) is 0 Å². The number of nitrogens with zero attached hydrogens (tertiary/aromatic N) is 1. The summed E-state index contributed by atoms with van der Waals surface area (Å²) in [7, 11) is 0. The number of rotatable bonds is 8. The van der Waals surface area contributed by atoms with E-state index < -0.39 is 5.41 Å². The van der Waals surface area contributed by atoms with Gasteiger partial charge in [-0.05, 0) is 138 Å². The number of hydrogen-bond acceptors (Lipinski definition) is 2. The summed E-state index contributed by atoms with van der Waals surface area (Å²) >= 11 is 0. The molecule has 2 heteroatoms. The van der Waals surface area contributed by atoms with Gasteiger partial charge in [0.2, 0.25) is 0 Å². The fourth-order valence-corrected chi connectivity index (χ4v) is 12.3. The van der Waals surface area contributed by atoms with Crippen LogP contribution in [-0.4, -0.2) is 0 Å². The van der Waals surface area contributed by atoms with Crippen LogP contribution < -0.4 is 4.90 Å². The van der Waals surface area contributed by atoms with E-state index in [4.69, 9.17) is 4.42 Å². The van der Waals surface area contributed by atoms with E-state index in [1.54, 1.807) is 0 Å². The van der Waals surface area contributed by atoms with Crippen LogP contribution in [0.4, 0.5) is 17.1 Å². The van der Waals surface area contributed by atoms with E-state index in [1.807, 2.05) is 12.1 Å². The third kappa shape index (κ3) is 6.35. The van der Waals surface area contributed by atoms with E-state index in [0.29, 0.717) is 0 Å². The maximum absolute atomic E-state index is 6.23. The standard InChI is InChI=1S/C70H49NO/c1-69(2)63-44-51(48-31-29-47(30-32-48)46-17-6-3-7-18-46)35-40-56(63)57-41-39-55(45-64(57)69)71(54-37-33-49(34-38-54)50-36-42-67-60(43-50)58-23-13-15-28-66(58)72-67)65-27-16-26-62-68(65)59-24-12-14-25-61(59)70(62,52-19-8-4-9-20-52)53-21-10-5-11-22-53/h3-45H,1-2H3. The molecule has 0 unspecified atom stereocenters. The Morgan fingerprint density at radius 3 is 1.54 bits per heavy atom. The smallest absolute Gasteiger partial charge is 0.135 e. The zero-order chi connectivity index (χ0) is 48.0. The van der Waals surface area contributed by atoms with E-state index in [1.165, 1.54) is 77.9 Å². The molecule has 1 heterocycles. The second kappa shape index (κ2) is 16.3. The summed E-state index contributed by atoms with van der Waals surface area (Å²) < 4.78 is 6.23. The van der Waals surface area contributed by atoms with Crippen molar-refractivity contribution in [2.24, 2.45) is 0 Å². The van der Waals surface area contributed by atoms with Crippen molar-refractivity contribution >= 4 is 39.0 Å². The second-order valence-electron chi connectivity index (χ2n) is 20.0. The molecule has 72 heavy (non-hydrogen) atoms. The Kier molecular flexibility index (Phi) is 9.50. The Morgan fingerprint density at radius 1 is 0.319 bits per heavy atom. The molecule has 0 aliphatic heterocycles. The van der Waals surface area contributed by atoms with E-state index in [0.717, 1.165) is 50.1 Å². The van der Waals surface area contributed by atoms with Gasteiger partial charge in [-0.15, -0.1) is 0 Å². The molecule has 340 valence electrons. The molecule has 0 saturated heterocycles. The number of fused-ring (bicyclic) bond motifs is 9. The van der Waals surface area contributed by atoms with Crippen LogP contribution in [0.15, 0.2) is 265 Å². The molecule has 0 radical (unpaired) electrons. The maximum Gasteiger partial charge on any atom is 0.135 e. The Labute approximate surface area is 420 Å². The molecule has 0 atom stereocenters. The minimum atomic E-state index is -0.531. The zero-order valence-electron chi connectivity index (χ0n) is 40.2. The number of para-hydroxylation sites is 1. The van der Waals surface area contributed by atoms with Gasteiger partial charge in [0.25, 0.3) is 0 Å². The lowest BCUT2D eigenvalue weighted by atomic mass is 9.68. The van der Waals surface area contributed by atoms with Crippen LogP contribution in [0.25, 0.3) is 77.6 Å². The summed E-state index contributed by atoms with van der Waals surface area (Å²) in [6.45, 7) is 4.79. The number of benzene rings is 11. The van der Waals surface area contributed by atoms with Crippen molar-refractivity contribution in [1.29, 1.82) is 0 Å². The van der Waals surface area contributed by atoms with Crippen LogP contribution in [0.1, 0.15) is 47.2 Å². The summed E-state index contributed by atoms with van der Waals surface area (Å²) in [6, 6.07) is 96.1. The predicted octanol–water partition coefficient (Wildman–Crippen LogP) is 18.7. The van der Waals surface area contributed by atoms with Crippen molar-refractivity contribution in [3.05, 3.63) is 294 Å². The van der Waals surface area contributed by atoms with Gasteiger partial charge in [0.05, 0.1) is 11.1 Å². The molecule has 0 N–H and O–H groups in total. The average molecular weight is 920 g/mol. The lowest BCUT2D eigenvalue weighted by molar-refractivity contribution is 0.660. The first-order valence-electron chi connectivity index (χ1n) is 25.1. The SMILES string of the molecule is CC1(C)c2cc(-c3ccc(-c4ccccc4)cc3)ccc2-c2ccc(N(c3ccc(-c4ccc5oc6ccccc6c5c4)cc3)c3cccc4c3-c3ccccc3C4(c3ccccc3)c3ccccc3)cc21. The van der Waals surface area contributed by atoms with Gasteiger partial charge in [-0.3, -0.25) is 0 Å². The van der Waals surface area contributed by atoms with Crippen LogP contribution in [0.5, 0.6) is 0 Å². The number of anilines is 3. The summed E-state index contributed by atoms with van der Waals surface area (Å²) in [5.41, 5.74) is 24.4. The molecular weight excluding hydrogens is 871 g/mol. The molecule has 2 aliphatic rings. The van der Waals surface area contributed by atoms with Crippen molar-refractivity contribution in [1.82, 2.24) is 0 Å². The van der Waals surface area contributed by atoms with Gasteiger partial charge in [0.1, 0.15) is 11.2 Å². The van der Waals surface area contributed by atoms with Gasteiger partial charge in [-0.25, -0.2) is 0 Å². The fourth-order valence-electron chi connectivity index (χ4n) is 12.3. The van der Waals surface area contributed by atoms with Gasteiger partial charge < -0.3 is 9.32 Å². The quantitative estimate of drug-likeness (QED) is 0.151. The first-order valence-corrected chi connectivity index (χ1v) is 25.1. The molecule has 0 amide bonds. The molecule has 0 fully saturated rings. The molecule has 0 spiro atoms. The van der Waals surface area contributed by atoms with Crippen molar-refractivity contribution in [2.45, 2.75) is 24.7 Å². The van der Waals surface area contributed by atoms with E-state index >= 15 is 0 Å². The Bertz CT molecular complexity index is 4000. The largest absolute Gasteiger partial charge is 0.456 e. The molecule has 2 aliphatic carbocycles. The Morgan fingerprint density at radius 2 is 0.819 bits per heavy atom.